The molecule has 0 aliphatic heterocycles. The van der Waals surface area contributed by atoms with Gasteiger partial charge in [-0.15, -0.1) is 0 Å². The number of hydrogen-bond acceptors (Lipinski definition) is 3. The van der Waals surface area contributed by atoms with Crippen LogP contribution in [0.5, 0.6) is 0 Å². The van der Waals surface area contributed by atoms with Crippen molar-refractivity contribution in [3.8, 4) is 0 Å². The monoisotopic (exact) mass is 259 g/mol. The first-order valence-corrected chi connectivity index (χ1v) is 7.27. The molecule has 1 N–H and O–H groups in total. The van der Waals surface area contributed by atoms with Crippen molar-refractivity contribution in [1.29, 1.82) is 0 Å². The molecule has 0 aliphatic rings. The quantitative estimate of drug-likeness (QED) is 0.876. The van der Waals surface area contributed by atoms with E-state index in [-0.39, 0.29) is 5.82 Å². The summed E-state index contributed by atoms with van der Waals surface area (Å²) in [5, 5.41) is 2.97. The van der Waals surface area contributed by atoms with Crippen LogP contribution in [0.15, 0.2) is 24.3 Å². The lowest BCUT2D eigenvalue weighted by Crippen LogP contribution is -2.41. The van der Waals surface area contributed by atoms with Gasteiger partial charge in [-0.2, -0.15) is 0 Å². The second-order valence-electron chi connectivity index (χ2n) is 4.73. The average Bonchev–Trinajstić information content (AvgIpc) is 2.19. The third kappa shape index (κ3) is 3.78. The van der Waals surface area contributed by atoms with Gasteiger partial charge in [0.25, 0.3) is 0 Å². The Hall–Kier alpha value is -0.940. The molecule has 0 unspecified atom stereocenters. The minimum Gasteiger partial charge on any atom is -0.311 e. The van der Waals surface area contributed by atoms with Gasteiger partial charge in [-0.05, 0) is 19.9 Å². The van der Waals surface area contributed by atoms with Crippen LogP contribution in [0.1, 0.15) is 19.4 Å². The maximum atomic E-state index is 13.3. The molecule has 0 saturated carbocycles. The minimum atomic E-state index is -3.12. The minimum absolute atomic E-state index is 0.280. The number of nitrogens with one attached hydrogen (secondary N) is 1. The SMILES string of the molecule is CC(C)(CNCc1ccccc1F)S(C)(=O)=O. The molecule has 0 radical (unpaired) electrons. The predicted molar refractivity (Wildman–Crippen MR) is 67.0 cm³/mol. The van der Waals surface area contributed by atoms with Crippen molar-refractivity contribution in [3.63, 3.8) is 0 Å². The van der Waals surface area contributed by atoms with Crippen molar-refractivity contribution in [1.82, 2.24) is 5.32 Å². The molecule has 3 nitrogen and oxygen atoms in total. The van der Waals surface area contributed by atoms with E-state index < -0.39 is 14.6 Å². The number of sulfone groups is 1. The fourth-order valence-corrected chi connectivity index (χ4v) is 1.64. The van der Waals surface area contributed by atoms with Gasteiger partial charge in [0.05, 0.1) is 4.75 Å². The third-order valence-electron chi connectivity index (χ3n) is 2.83. The molecule has 96 valence electrons. The largest absolute Gasteiger partial charge is 0.311 e. The van der Waals surface area contributed by atoms with Crippen molar-refractivity contribution in [2.45, 2.75) is 25.1 Å². The zero-order valence-corrected chi connectivity index (χ0v) is 11.1. The molecule has 0 aromatic heterocycles. The van der Waals surface area contributed by atoms with Crippen molar-refractivity contribution in [2.75, 3.05) is 12.8 Å². The molecule has 0 aliphatic carbocycles. The third-order valence-corrected chi connectivity index (χ3v) is 4.98. The molecule has 17 heavy (non-hydrogen) atoms. The lowest BCUT2D eigenvalue weighted by molar-refractivity contribution is 0.515. The summed E-state index contributed by atoms with van der Waals surface area (Å²) in [5.41, 5.74) is 0.539. The van der Waals surface area contributed by atoms with E-state index >= 15 is 0 Å². The molecular formula is C12H18FNO2S. The van der Waals surface area contributed by atoms with E-state index in [9.17, 15) is 12.8 Å². The van der Waals surface area contributed by atoms with E-state index in [4.69, 9.17) is 0 Å². The summed E-state index contributed by atoms with van der Waals surface area (Å²) in [6, 6.07) is 6.44. The molecule has 0 atom stereocenters. The number of hydrogen-bond donors (Lipinski definition) is 1. The second-order valence-corrected chi connectivity index (χ2v) is 7.38. The lowest BCUT2D eigenvalue weighted by Gasteiger charge is -2.22. The Morgan fingerprint density at radius 1 is 1.29 bits per heavy atom. The van der Waals surface area contributed by atoms with Crippen LogP contribution >= 0.6 is 0 Å². The standard InChI is InChI=1S/C12H18FNO2S/c1-12(2,17(3,15)16)9-14-8-10-6-4-5-7-11(10)13/h4-7,14H,8-9H2,1-3H3. The summed E-state index contributed by atoms with van der Waals surface area (Å²) >= 11 is 0. The van der Waals surface area contributed by atoms with Crippen LogP contribution < -0.4 is 5.32 Å². The zero-order valence-electron chi connectivity index (χ0n) is 10.3. The highest BCUT2D eigenvalue weighted by Gasteiger charge is 2.29. The molecular weight excluding hydrogens is 241 g/mol. The smallest absolute Gasteiger partial charge is 0.153 e. The van der Waals surface area contributed by atoms with E-state index in [1.54, 1.807) is 32.0 Å². The van der Waals surface area contributed by atoms with Gasteiger partial charge in [-0.3, -0.25) is 0 Å². The van der Waals surface area contributed by atoms with E-state index in [1.165, 1.54) is 12.3 Å². The Morgan fingerprint density at radius 2 is 1.88 bits per heavy atom. The Bertz CT molecular complexity index is 483. The summed E-state index contributed by atoms with van der Waals surface area (Å²) in [5.74, 6) is -0.280. The second kappa shape index (κ2) is 5.14. The van der Waals surface area contributed by atoms with Crippen molar-refractivity contribution in [3.05, 3.63) is 35.6 Å². The summed E-state index contributed by atoms with van der Waals surface area (Å²) in [6.45, 7) is 3.92. The molecule has 0 spiro atoms. The van der Waals surface area contributed by atoms with Crippen LogP contribution in [-0.4, -0.2) is 26.0 Å². The summed E-state index contributed by atoms with van der Waals surface area (Å²) in [4.78, 5) is 0. The number of benzene rings is 1. The fraction of sp³-hybridized carbons (Fsp3) is 0.500. The van der Waals surface area contributed by atoms with Crippen LogP contribution in [0.4, 0.5) is 4.39 Å². The summed E-state index contributed by atoms with van der Waals surface area (Å²) < 4.78 is 35.3. The molecule has 0 bridgehead atoms. The van der Waals surface area contributed by atoms with E-state index in [0.717, 1.165) is 0 Å². The topological polar surface area (TPSA) is 46.2 Å². The number of halogens is 1. The lowest BCUT2D eigenvalue weighted by atomic mass is 10.2. The predicted octanol–water partition coefficient (Wildman–Crippen LogP) is 1.74. The molecule has 5 heteroatoms. The maximum absolute atomic E-state index is 13.3. The first-order chi connectivity index (χ1) is 7.74. The molecule has 0 saturated heterocycles. The van der Waals surface area contributed by atoms with E-state index in [1.807, 2.05) is 0 Å². The number of rotatable bonds is 5. The molecule has 1 aromatic carbocycles. The normalized spacial score (nSPS) is 12.7. The Balaban J connectivity index is 2.58. The summed E-state index contributed by atoms with van der Waals surface area (Å²) in [6.07, 6.45) is 1.21. The van der Waals surface area contributed by atoms with Crippen molar-refractivity contribution in [2.24, 2.45) is 0 Å². The zero-order chi connectivity index (χ0) is 13.1. The molecule has 1 rings (SSSR count). The van der Waals surface area contributed by atoms with Crippen molar-refractivity contribution < 1.29 is 12.8 Å². The molecule has 1 aromatic rings. The fourth-order valence-electron chi connectivity index (χ4n) is 1.27. The maximum Gasteiger partial charge on any atom is 0.153 e. The van der Waals surface area contributed by atoms with Crippen LogP contribution in [0, 0.1) is 5.82 Å². The van der Waals surface area contributed by atoms with Gasteiger partial charge < -0.3 is 5.32 Å². The highest BCUT2D eigenvalue weighted by molar-refractivity contribution is 7.92. The van der Waals surface area contributed by atoms with Crippen LogP contribution in [0.25, 0.3) is 0 Å². The Labute approximate surface area is 102 Å². The van der Waals surface area contributed by atoms with E-state index in [2.05, 4.69) is 5.32 Å². The average molecular weight is 259 g/mol. The first kappa shape index (κ1) is 14.1. The summed E-state index contributed by atoms with van der Waals surface area (Å²) in [7, 11) is -3.12. The van der Waals surface area contributed by atoms with Gasteiger partial charge >= 0.3 is 0 Å². The van der Waals surface area contributed by atoms with Crippen LogP contribution in [0.3, 0.4) is 0 Å². The first-order valence-electron chi connectivity index (χ1n) is 5.38. The Kier molecular flexibility index (Phi) is 4.27. The van der Waals surface area contributed by atoms with Crippen LogP contribution in [0.2, 0.25) is 0 Å². The highest BCUT2D eigenvalue weighted by Crippen LogP contribution is 2.14. The van der Waals surface area contributed by atoms with E-state index in [0.29, 0.717) is 18.7 Å². The molecule has 0 amide bonds. The van der Waals surface area contributed by atoms with Gasteiger partial charge in [0.15, 0.2) is 9.84 Å². The molecule has 0 heterocycles. The van der Waals surface area contributed by atoms with Gasteiger partial charge in [-0.25, -0.2) is 12.8 Å². The van der Waals surface area contributed by atoms with Crippen molar-refractivity contribution >= 4 is 9.84 Å². The van der Waals surface area contributed by atoms with Gasteiger partial charge in [0.1, 0.15) is 5.82 Å². The Morgan fingerprint density at radius 3 is 2.41 bits per heavy atom. The van der Waals surface area contributed by atoms with Crippen LogP contribution in [-0.2, 0) is 16.4 Å². The van der Waals surface area contributed by atoms with Gasteiger partial charge in [0, 0.05) is 24.9 Å². The molecule has 0 fully saturated rings. The van der Waals surface area contributed by atoms with Gasteiger partial charge in [0.2, 0.25) is 0 Å². The highest BCUT2D eigenvalue weighted by atomic mass is 32.2. The van der Waals surface area contributed by atoms with Gasteiger partial charge in [-0.1, -0.05) is 18.2 Å².